The average molecular weight is 252 g/mol. The third kappa shape index (κ3) is 4.01. The molecular formula is C16H28O2. The molecule has 2 nitrogen and oxygen atoms in total. The van der Waals surface area contributed by atoms with Crippen LogP contribution in [0.25, 0.3) is 0 Å². The van der Waals surface area contributed by atoms with Crippen molar-refractivity contribution in [2.45, 2.75) is 70.8 Å². The number of hydrogen-bond acceptors (Lipinski definition) is 2. The normalized spacial score (nSPS) is 30.7. The van der Waals surface area contributed by atoms with Crippen molar-refractivity contribution in [2.24, 2.45) is 11.8 Å². The van der Waals surface area contributed by atoms with Crippen LogP contribution in [0.1, 0.15) is 64.7 Å². The Hall–Kier alpha value is -0.500. The maximum absolute atomic E-state index is 10.2. The van der Waals surface area contributed by atoms with E-state index in [4.69, 9.17) is 4.74 Å². The molecule has 0 bridgehead atoms. The molecule has 0 aromatic rings. The van der Waals surface area contributed by atoms with Crippen LogP contribution in [0, 0.1) is 11.8 Å². The molecule has 0 saturated heterocycles. The highest BCUT2D eigenvalue weighted by atomic mass is 16.5. The Balaban J connectivity index is 1.68. The van der Waals surface area contributed by atoms with Crippen LogP contribution in [0.15, 0.2) is 11.8 Å². The first-order valence-electron chi connectivity index (χ1n) is 7.79. The van der Waals surface area contributed by atoms with Crippen molar-refractivity contribution in [3.63, 3.8) is 0 Å². The largest absolute Gasteiger partial charge is 0.496 e. The highest BCUT2D eigenvalue weighted by molar-refractivity contribution is 4.96. The van der Waals surface area contributed by atoms with E-state index in [0.29, 0.717) is 12.5 Å². The van der Waals surface area contributed by atoms with Crippen molar-refractivity contribution < 1.29 is 9.84 Å². The minimum Gasteiger partial charge on any atom is -0.496 e. The molecule has 0 aromatic carbocycles. The molecule has 0 radical (unpaired) electrons. The van der Waals surface area contributed by atoms with Crippen LogP contribution in [-0.2, 0) is 4.74 Å². The lowest BCUT2D eigenvalue weighted by Gasteiger charge is -2.31. The Kier molecular flexibility index (Phi) is 5.55. The van der Waals surface area contributed by atoms with Gasteiger partial charge in [0.2, 0.25) is 0 Å². The highest BCUT2D eigenvalue weighted by Crippen LogP contribution is 2.32. The number of ether oxygens (including phenoxy) is 1. The Bertz CT molecular complexity index is 264. The van der Waals surface area contributed by atoms with E-state index in [0.717, 1.165) is 24.5 Å². The summed E-state index contributed by atoms with van der Waals surface area (Å²) in [5.74, 6) is 2.48. The van der Waals surface area contributed by atoms with E-state index in [9.17, 15) is 5.11 Å². The van der Waals surface area contributed by atoms with Gasteiger partial charge in [-0.15, -0.1) is 0 Å². The summed E-state index contributed by atoms with van der Waals surface area (Å²) in [6.45, 7) is 2.79. The first-order chi connectivity index (χ1) is 8.79. The molecule has 0 amide bonds. The van der Waals surface area contributed by atoms with E-state index < -0.39 is 0 Å². The SMILES string of the molecule is CCC1CCC(C(O)COC2=CCCCC2)CC1. The van der Waals surface area contributed by atoms with E-state index >= 15 is 0 Å². The van der Waals surface area contributed by atoms with E-state index in [1.807, 2.05) is 0 Å². The van der Waals surface area contributed by atoms with Crippen LogP contribution < -0.4 is 0 Å². The predicted octanol–water partition coefficient (Wildman–Crippen LogP) is 4.04. The minimum absolute atomic E-state index is 0.259. The molecule has 1 atom stereocenters. The third-order valence-corrected chi connectivity index (χ3v) is 4.70. The van der Waals surface area contributed by atoms with Crippen molar-refractivity contribution in [1.29, 1.82) is 0 Å². The topological polar surface area (TPSA) is 29.5 Å². The maximum atomic E-state index is 10.2. The zero-order chi connectivity index (χ0) is 12.8. The van der Waals surface area contributed by atoms with Crippen LogP contribution in [0.4, 0.5) is 0 Å². The maximum Gasteiger partial charge on any atom is 0.114 e. The lowest BCUT2D eigenvalue weighted by molar-refractivity contribution is 0.00988. The molecule has 1 N–H and O–H groups in total. The number of rotatable bonds is 5. The molecule has 0 spiro atoms. The second-order valence-corrected chi connectivity index (χ2v) is 5.98. The van der Waals surface area contributed by atoms with Gasteiger partial charge in [-0.2, -0.15) is 0 Å². The van der Waals surface area contributed by atoms with E-state index in [1.54, 1.807) is 0 Å². The Morgan fingerprint density at radius 3 is 2.67 bits per heavy atom. The lowest BCUT2D eigenvalue weighted by Crippen LogP contribution is -2.29. The molecule has 104 valence electrons. The van der Waals surface area contributed by atoms with Gasteiger partial charge in [0.15, 0.2) is 0 Å². The first-order valence-corrected chi connectivity index (χ1v) is 7.79. The zero-order valence-electron chi connectivity index (χ0n) is 11.7. The molecule has 2 rings (SSSR count). The number of allylic oxidation sites excluding steroid dienone is 2. The third-order valence-electron chi connectivity index (χ3n) is 4.70. The Morgan fingerprint density at radius 2 is 2.06 bits per heavy atom. The van der Waals surface area contributed by atoms with Gasteiger partial charge in [-0.25, -0.2) is 0 Å². The lowest BCUT2D eigenvalue weighted by atomic mass is 9.78. The fourth-order valence-corrected chi connectivity index (χ4v) is 3.25. The molecule has 2 heteroatoms. The van der Waals surface area contributed by atoms with Crippen LogP contribution in [0.3, 0.4) is 0 Å². The van der Waals surface area contributed by atoms with Crippen molar-refractivity contribution in [3.05, 3.63) is 11.8 Å². The quantitative estimate of drug-likeness (QED) is 0.800. The first kappa shape index (κ1) is 13.9. The number of hydrogen-bond donors (Lipinski definition) is 1. The summed E-state index contributed by atoms with van der Waals surface area (Å²) >= 11 is 0. The fraction of sp³-hybridized carbons (Fsp3) is 0.875. The summed E-state index contributed by atoms with van der Waals surface area (Å²) < 4.78 is 5.76. The minimum atomic E-state index is -0.259. The van der Waals surface area contributed by atoms with E-state index in [2.05, 4.69) is 13.0 Å². The molecule has 0 heterocycles. The smallest absolute Gasteiger partial charge is 0.114 e. The Morgan fingerprint density at radius 1 is 1.28 bits per heavy atom. The summed E-state index contributed by atoms with van der Waals surface area (Å²) in [6, 6.07) is 0. The molecule has 0 aliphatic heterocycles. The number of aliphatic hydroxyl groups excluding tert-OH is 1. The molecule has 1 unspecified atom stereocenters. The summed E-state index contributed by atoms with van der Waals surface area (Å²) in [5.41, 5.74) is 0. The van der Waals surface area contributed by atoms with Gasteiger partial charge in [0, 0.05) is 6.42 Å². The second-order valence-electron chi connectivity index (χ2n) is 5.98. The summed E-state index contributed by atoms with van der Waals surface area (Å²) in [7, 11) is 0. The monoisotopic (exact) mass is 252 g/mol. The molecular weight excluding hydrogens is 224 g/mol. The predicted molar refractivity (Wildman–Crippen MR) is 74.2 cm³/mol. The fourth-order valence-electron chi connectivity index (χ4n) is 3.25. The molecule has 18 heavy (non-hydrogen) atoms. The van der Waals surface area contributed by atoms with Crippen molar-refractivity contribution in [3.8, 4) is 0 Å². The standard InChI is InChI=1S/C16H28O2/c1-2-13-8-10-14(11-9-13)16(17)12-18-15-6-4-3-5-7-15/h6,13-14,16-17H,2-5,7-12H2,1H3. The zero-order valence-corrected chi connectivity index (χ0v) is 11.7. The van der Waals surface area contributed by atoms with Gasteiger partial charge in [0.25, 0.3) is 0 Å². The van der Waals surface area contributed by atoms with Crippen LogP contribution in [0.2, 0.25) is 0 Å². The average Bonchev–Trinajstić information content (AvgIpc) is 2.46. The van der Waals surface area contributed by atoms with E-state index in [1.165, 1.54) is 44.9 Å². The van der Waals surface area contributed by atoms with Gasteiger partial charge in [-0.05, 0) is 50.0 Å². The molecule has 1 saturated carbocycles. The van der Waals surface area contributed by atoms with Crippen LogP contribution in [0.5, 0.6) is 0 Å². The van der Waals surface area contributed by atoms with Crippen molar-refractivity contribution >= 4 is 0 Å². The van der Waals surface area contributed by atoms with Gasteiger partial charge < -0.3 is 9.84 Å². The van der Waals surface area contributed by atoms with E-state index in [-0.39, 0.29) is 6.10 Å². The molecule has 0 aromatic heterocycles. The van der Waals surface area contributed by atoms with Gasteiger partial charge in [0.05, 0.1) is 11.9 Å². The molecule has 2 aliphatic rings. The molecule has 1 fully saturated rings. The number of aliphatic hydroxyl groups is 1. The van der Waals surface area contributed by atoms with Crippen LogP contribution >= 0.6 is 0 Å². The van der Waals surface area contributed by atoms with Gasteiger partial charge in [-0.3, -0.25) is 0 Å². The van der Waals surface area contributed by atoms with Crippen molar-refractivity contribution in [1.82, 2.24) is 0 Å². The van der Waals surface area contributed by atoms with Gasteiger partial charge in [0.1, 0.15) is 6.61 Å². The van der Waals surface area contributed by atoms with Gasteiger partial charge >= 0.3 is 0 Å². The van der Waals surface area contributed by atoms with Crippen LogP contribution in [-0.4, -0.2) is 17.8 Å². The highest BCUT2D eigenvalue weighted by Gasteiger charge is 2.26. The van der Waals surface area contributed by atoms with Gasteiger partial charge in [-0.1, -0.05) is 26.2 Å². The summed E-state index contributed by atoms with van der Waals surface area (Å²) in [6.07, 6.45) is 12.9. The second kappa shape index (κ2) is 7.18. The van der Waals surface area contributed by atoms with Crippen molar-refractivity contribution in [2.75, 3.05) is 6.61 Å². The summed E-state index contributed by atoms with van der Waals surface area (Å²) in [4.78, 5) is 0. The Labute approximate surface area is 111 Å². The molecule has 2 aliphatic carbocycles. The summed E-state index contributed by atoms with van der Waals surface area (Å²) in [5, 5.41) is 10.2.